The number of nitrogens with one attached hydrogen (secondary N) is 1. The number of rotatable bonds is 3. The van der Waals surface area contributed by atoms with Gasteiger partial charge in [0, 0.05) is 5.56 Å². The lowest BCUT2D eigenvalue weighted by atomic mass is 10.1. The van der Waals surface area contributed by atoms with Crippen LogP contribution in [0, 0.1) is 0 Å². The van der Waals surface area contributed by atoms with Crippen LogP contribution in [0.3, 0.4) is 0 Å². The van der Waals surface area contributed by atoms with Crippen LogP contribution in [0.5, 0.6) is 0 Å². The zero-order valence-corrected chi connectivity index (χ0v) is 10.7. The minimum Gasteiger partial charge on any atom is -0.464 e. The molecule has 18 heavy (non-hydrogen) atoms. The molecule has 0 radical (unpaired) electrons. The fraction of sp³-hybridized carbons (Fsp3) is 0.286. The average molecular weight is 244 g/mol. The van der Waals surface area contributed by atoms with Crippen molar-refractivity contribution in [1.82, 2.24) is 9.97 Å². The second-order valence-corrected chi connectivity index (χ2v) is 4.36. The summed E-state index contributed by atoms with van der Waals surface area (Å²) in [5.41, 5.74) is 2.13. The molecule has 0 amide bonds. The van der Waals surface area contributed by atoms with E-state index in [9.17, 15) is 4.79 Å². The molecule has 0 aliphatic carbocycles. The molecule has 0 atom stereocenters. The monoisotopic (exact) mass is 244 g/mol. The second kappa shape index (κ2) is 5.04. The maximum Gasteiger partial charge on any atom is 0.358 e. The molecule has 4 heteroatoms. The van der Waals surface area contributed by atoms with Crippen molar-refractivity contribution < 1.29 is 9.53 Å². The molecule has 1 aromatic heterocycles. The van der Waals surface area contributed by atoms with Gasteiger partial charge in [-0.25, -0.2) is 9.78 Å². The number of methoxy groups -OCH3 is 1. The number of imidazole rings is 1. The highest BCUT2D eigenvalue weighted by Gasteiger charge is 2.20. The van der Waals surface area contributed by atoms with Crippen LogP contribution in [0.4, 0.5) is 0 Å². The minimum absolute atomic E-state index is 0.184. The molecule has 1 N–H and O–H groups in total. The van der Waals surface area contributed by atoms with Crippen molar-refractivity contribution in [3.8, 4) is 11.4 Å². The summed E-state index contributed by atoms with van der Waals surface area (Å²) in [5.74, 6) is 0.473. The smallest absolute Gasteiger partial charge is 0.358 e. The molecule has 0 unspecified atom stereocenters. The van der Waals surface area contributed by atoms with Crippen LogP contribution < -0.4 is 0 Å². The van der Waals surface area contributed by atoms with Gasteiger partial charge in [-0.1, -0.05) is 44.2 Å². The minimum atomic E-state index is -0.405. The molecule has 0 saturated carbocycles. The van der Waals surface area contributed by atoms with Gasteiger partial charge in [-0.05, 0) is 5.92 Å². The van der Waals surface area contributed by atoms with Gasteiger partial charge in [0.25, 0.3) is 0 Å². The highest BCUT2D eigenvalue weighted by Crippen LogP contribution is 2.23. The van der Waals surface area contributed by atoms with Gasteiger partial charge in [-0.2, -0.15) is 0 Å². The van der Waals surface area contributed by atoms with Gasteiger partial charge in [0.05, 0.1) is 12.8 Å². The molecule has 4 nitrogen and oxygen atoms in total. The Morgan fingerprint density at radius 2 is 1.94 bits per heavy atom. The third-order valence-corrected chi connectivity index (χ3v) is 2.74. The number of benzene rings is 1. The SMILES string of the molecule is COC(=O)c1nc(-c2ccccc2)[nH]c1C(C)C. The lowest BCUT2D eigenvalue weighted by molar-refractivity contribution is 0.0593. The Bertz CT molecular complexity index is 544. The summed E-state index contributed by atoms with van der Waals surface area (Å²) >= 11 is 0. The van der Waals surface area contributed by atoms with Crippen molar-refractivity contribution in [1.29, 1.82) is 0 Å². The van der Waals surface area contributed by atoms with Crippen molar-refractivity contribution in [2.75, 3.05) is 7.11 Å². The van der Waals surface area contributed by atoms with E-state index < -0.39 is 5.97 Å². The molecular weight excluding hydrogens is 228 g/mol. The molecule has 1 heterocycles. The first kappa shape index (κ1) is 12.4. The summed E-state index contributed by atoms with van der Waals surface area (Å²) in [4.78, 5) is 19.2. The number of aromatic amines is 1. The number of aromatic nitrogens is 2. The number of carbonyl (C=O) groups excluding carboxylic acids is 1. The molecule has 0 saturated heterocycles. The number of H-pyrrole nitrogens is 1. The van der Waals surface area contributed by atoms with Crippen LogP contribution in [-0.2, 0) is 4.74 Å². The highest BCUT2D eigenvalue weighted by molar-refractivity contribution is 5.89. The first-order chi connectivity index (χ1) is 8.63. The van der Waals surface area contributed by atoms with Gasteiger partial charge < -0.3 is 9.72 Å². The Labute approximate surface area is 106 Å². The first-order valence-corrected chi connectivity index (χ1v) is 5.87. The van der Waals surface area contributed by atoms with E-state index in [1.807, 2.05) is 44.2 Å². The van der Waals surface area contributed by atoms with Crippen LogP contribution in [0.15, 0.2) is 30.3 Å². The van der Waals surface area contributed by atoms with Gasteiger partial charge in [0.15, 0.2) is 5.69 Å². The molecule has 0 spiro atoms. The van der Waals surface area contributed by atoms with Gasteiger partial charge >= 0.3 is 5.97 Å². The third-order valence-electron chi connectivity index (χ3n) is 2.74. The average Bonchev–Trinajstić information content (AvgIpc) is 2.84. The van der Waals surface area contributed by atoms with Crippen LogP contribution in [0.2, 0.25) is 0 Å². The summed E-state index contributed by atoms with van der Waals surface area (Å²) in [7, 11) is 1.36. The molecule has 94 valence electrons. The predicted octanol–water partition coefficient (Wildman–Crippen LogP) is 2.99. The zero-order chi connectivity index (χ0) is 13.1. The van der Waals surface area contributed by atoms with E-state index in [1.165, 1.54) is 7.11 Å². The maximum atomic E-state index is 11.7. The van der Waals surface area contributed by atoms with E-state index in [1.54, 1.807) is 0 Å². The molecule has 0 aliphatic rings. The molecular formula is C14H16N2O2. The maximum absolute atomic E-state index is 11.7. The predicted molar refractivity (Wildman–Crippen MR) is 69.5 cm³/mol. The summed E-state index contributed by atoms with van der Waals surface area (Å²) in [6.45, 7) is 4.02. The Morgan fingerprint density at radius 3 is 2.50 bits per heavy atom. The van der Waals surface area contributed by atoms with E-state index in [4.69, 9.17) is 4.74 Å². The van der Waals surface area contributed by atoms with Crippen molar-refractivity contribution in [2.24, 2.45) is 0 Å². The Balaban J connectivity index is 2.49. The Kier molecular flexibility index (Phi) is 3.46. The number of hydrogen-bond donors (Lipinski definition) is 1. The van der Waals surface area contributed by atoms with Gasteiger partial charge in [-0.3, -0.25) is 0 Å². The van der Waals surface area contributed by atoms with Crippen molar-refractivity contribution in [2.45, 2.75) is 19.8 Å². The second-order valence-electron chi connectivity index (χ2n) is 4.36. The number of nitrogens with zero attached hydrogens (tertiary/aromatic N) is 1. The number of hydrogen-bond acceptors (Lipinski definition) is 3. The van der Waals surface area contributed by atoms with Gasteiger partial charge in [0.2, 0.25) is 0 Å². The molecule has 0 fully saturated rings. The lowest BCUT2D eigenvalue weighted by Crippen LogP contribution is -2.06. The van der Waals surface area contributed by atoms with Crippen LogP contribution >= 0.6 is 0 Å². The fourth-order valence-corrected chi connectivity index (χ4v) is 1.79. The van der Waals surface area contributed by atoms with E-state index in [2.05, 4.69) is 9.97 Å². The van der Waals surface area contributed by atoms with E-state index in [0.29, 0.717) is 11.5 Å². The molecule has 2 aromatic rings. The summed E-state index contributed by atoms with van der Waals surface area (Å²) in [5, 5.41) is 0. The van der Waals surface area contributed by atoms with Gasteiger partial charge in [-0.15, -0.1) is 0 Å². The molecule has 0 bridgehead atoms. The van der Waals surface area contributed by atoms with Crippen molar-refractivity contribution in [3.63, 3.8) is 0 Å². The quantitative estimate of drug-likeness (QED) is 0.844. The summed E-state index contributed by atoms with van der Waals surface area (Å²) in [6.07, 6.45) is 0. The molecule has 0 aliphatic heterocycles. The standard InChI is InChI=1S/C14H16N2O2/c1-9(2)11-12(14(17)18-3)16-13(15-11)10-7-5-4-6-8-10/h4-9H,1-3H3,(H,15,16). The van der Waals surface area contributed by atoms with Crippen LogP contribution in [0.1, 0.15) is 35.9 Å². The first-order valence-electron chi connectivity index (χ1n) is 5.87. The molecule has 2 rings (SSSR count). The van der Waals surface area contributed by atoms with E-state index in [0.717, 1.165) is 11.3 Å². The number of esters is 1. The Hall–Kier alpha value is -2.10. The number of carbonyl (C=O) groups is 1. The highest BCUT2D eigenvalue weighted by atomic mass is 16.5. The van der Waals surface area contributed by atoms with Crippen molar-refractivity contribution in [3.05, 3.63) is 41.7 Å². The number of ether oxygens (including phenoxy) is 1. The largest absolute Gasteiger partial charge is 0.464 e. The van der Waals surface area contributed by atoms with Crippen LogP contribution in [-0.4, -0.2) is 23.0 Å². The fourth-order valence-electron chi connectivity index (χ4n) is 1.79. The van der Waals surface area contributed by atoms with Crippen LogP contribution in [0.25, 0.3) is 11.4 Å². The third kappa shape index (κ3) is 2.27. The summed E-state index contributed by atoms with van der Waals surface area (Å²) < 4.78 is 4.75. The van der Waals surface area contributed by atoms with Crippen molar-refractivity contribution >= 4 is 5.97 Å². The van der Waals surface area contributed by atoms with Gasteiger partial charge in [0.1, 0.15) is 5.82 Å². The normalized spacial score (nSPS) is 10.7. The van der Waals surface area contributed by atoms with E-state index in [-0.39, 0.29) is 5.92 Å². The lowest BCUT2D eigenvalue weighted by Gasteiger charge is -2.03. The molecule has 1 aromatic carbocycles. The zero-order valence-electron chi connectivity index (χ0n) is 10.7. The summed E-state index contributed by atoms with van der Waals surface area (Å²) in [6, 6.07) is 9.71. The Morgan fingerprint density at radius 1 is 1.28 bits per heavy atom. The van der Waals surface area contributed by atoms with E-state index >= 15 is 0 Å². The topological polar surface area (TPSA) is 55.0 Å².